The molecule has 0 saturated heterocycles. The molecule has 1 N–H and O–H groups in total. The molecule has 0 spiro atoms. The summed E-state index contributed by atoms with van der Waals surface area (Å²) in [6, 6.07) is 3.74. The van der Waals surface area contributed by atoms with Crippen LogP contribution in [0.1, 0.15) is 11.1 Å². The van der Waals surface area contributed by atoms with Crippen molar-refractivity contribution in [3.05, 3.63) is 23.3 Å². The van der Waals surface area contributed by atoms with E-state index >= 15 is 0 Å². The zero-order valence-corrected chi connectivity index (χ0v) is 14.3. The van der Waals surface area contributed by atoms with Crippen LogP contribution in [0.2, 0.25) is 0 Å². The van der Waals surface area contributed by atoms with Crippen molar-refractivity contribution in [2.45, 2.75) is 18.7 Å². The predicted molar refractivity (Wildman–Crippen MR) is 86.5 cm³/mol. The fourth-order valence-electron chi connectivity index (χ4n) is 1.90. The highest BCUT2D eigenvalue weighted by Gasteiger charge is 2.16. The van der Waals surface area contributed by atoms with Crippen LogP contribution in [0.25, 0.3) is 0 Å². The number of rotatable bonds is 8. The second kappa shape index (κ2) is 8.41. The Balaban J connectivity index is 2.72. The normalized spacial score (nSPS) is 12.4. The number of thioether (sulfide) groups is 1. The first-order valence-corrected chi connectivity index (χ1v) is 8.70. The van der Waals surface area contributed by atoms with Gasteiger partial charge in [-0.3, -0.25) is 4.79 Å². The van der Waals surface area contributed by atoms with Crippen LogP contribution >= 0.6 is 11.8 Å². The lowest BCUT2D eigenvalue weighted by Gasteiger charge is -2.19. The standard InChI is InChI=1S/C14H21NO4S2/c1-10-7-12(19-4)8-11(2)14(10)21(18)15(3)5-6-20-9-13(16)17/h7-8H,5-6,9H2,1-4H3,(H,16,17). The predicted octanol–water partition coefficient (Wildman–Crippen LogP) is 2.08. The zero-order valence-electron chi connectivity index (χ0n) is 12.7. The molecule has 1 aromatic carbocycles. The van der Waals surface area contributed by atoms with E-state index in [0.717, 1.165) is 21.8 Å². The van der Waals surface area contributed by atoms with Gasteiger partial charge in [0.1, 0.15) is 16.7 Å². The Bertz CT molecular complexity index is 511. The van der Waals surface area contributed by atoms with E-state index in [1.54, 1.807) is 18.5 Å². The topological polar surface area (TPSA) is 66.8 Å². The lowest BCUT2D eigenvalue weighted by atomic mass is 10.1. The van der Waals surface area contributed by atoms with E-state index in [2.05, 4.69) is 0 Å². The summed E-state index contributed by atoms with van der Waals surface area (Å²) in [5.41, 5.74) is 1.85. The molecule has 7 heteroatoms. The molecule has 118 valence electrons. The van der Waals surface area contributed by atoms with Gasteiger partial charge in [0.25, 0.3) is 0 Å². The van der Waals surface area contributed by atoms with Crippen LogP contribution in [-0.2, 0) is 15.8 Å². The lowest BCUT2D eigenvalue weighted by Crippen LogP contribution is -2.25. The van der Waals surface area contributed by atoms with Crippen LogP contribution < -0.4 is 4.74 Å². The van der Waals surface area contributed by atoms with Gasteiger partial charge in [-0.25, -0.2) is 8.51 Å². The van der Waals surface area contributed by atoms with Gasteiger partial charge in [-0.05, 0) is 37.1 Å². The fraction of sp³-hybridized carbons (Fsp3) is 0.500. The van der Waals surface area contributed by atoms with Crippen molar-refractivity contribution in [1.82, 2.24) is 4.31 Å². The second-order valence-corrected chi connectivity index (χ2v) is 7.27. The molecular formula is C14H21NO4S2. The van der Waals surface area contributed by atoms with Gasteiger partial charge in [0.05, 0.1) is 17.8 Å². The van der Waals surface area contributed by atoms with E-state index in [-0.39, 0.29) is 5.75 Å². The maximum absolute atomic E-state index is 12.6. The molecule has 0 fully saturated rings. The third kappa shape index (κ3) is 5.33. The first-order valence-electron chi connectivity index (χ1n) is 6.44. The van der Waals surface area contributed by atoms with E-state index in [0.29, 0.717) is 12.3 Å². The van der Waals surface area contributed by atoms with Gasteiger partial charge < -0.3 is 9.84 Å². The molecule has 0 heterocycles. The number of nitrogens with zero attached hydrogens (tertiary/aromatic N) is 1. The molecule has 0 aliphatic rings. The average molecular weight is 331 g/mol. The molecule has 21 heavy (non-hydrogen) atoms. The van der Waals surface area contributed by atoms with E-state index in [9.17, 15) is 9.00 Å². The highest BCUT2D eigenvalue weighted by Crippen LogP contribution is 2.25. The number of methoxy groups -OCH3 is 1. The molecule has 0 aliphatic carbocycles. The summed E-state index contributed by atoms with van der Waals surface area (Å²) in [4.78, 5) is 11.2. The molecule has 0 aliphatic heterocycles. The van der Waals surface area contributed by atoms with Crippen molar-refractivity contribution in [2.24, 2.45) is 0 Å². The zero-order chi connectivity index (χ0) is 16.0. The molecule has 0 radical (unpaired) electrons. The molecule has 0 saturated carbocycles. The Morgan fingerprint density at radius 3 is 2.43 bits per heavy atom. The fourth-order valence-corrected chi connectivity index (χ4v) is 3.97. The Kier molecular flexibility index (Phi) is 7.21. The third-order valence-electron chi connectivity index (χ3n) is 2.90. The van der Waals surface area contributed by atoms with Crippen LogP contribution in [-0.4, -0.2) is 51.8 Å². The van der Waals surface area contributed by atoms with Gasteiger partial charge in [-0.1, -0.05) is 0 Å². The highest BCUT2D eigenvalue weighted by molar-refractivity contribution is 7.99. The largest absolute Gasteiger partial charge is 0.497 e. The summed E-state index contributed by atoms with van der Waals surface area (Å²) in [7, 11) is 2.13. The Labute approximate surface area is 132 Å². The SMILES string of the molecule is COc1cc(C)c(S(=O)N(C)CCSCC(=O)O)c(C)c1. The minimum absolute atomic E-state index is 0.0705. The van der Waals surface area contributed by atoms with Crippen LogP contribution in [0.15, 0.2) is 17.0 Å². The molecule has 0 amide bonds. The smallest absolute Gasteiger partial charge is 0.313 e. The maximum atomic E-state index is 12.6. The van der Waals surface area contributed by atoms with Crippen LogP contribution in [0.4, 0.5) is 0 Å². The molecule has 1 atom stereocenters. The minimum atomic E-state index is -1.26. The molecule has 5 nitrogen and oxygen atoms in total. The second-order valence-electron chi connectivity index (χ2n) is 4.64. The summed E-state index contributed by atoms with van der Waals surface area (Å²) >= 11 is 1.32. The summed E-state index contributed by atoms with van der Waals surface area (Å²) in [6.07, 6.45) is 0. The first kappa shape index (κ1) is 18.0. The monoisotopic (exact) mass is 331 g/mol. The van der Waals surface area contributed by atoms with Crippen molar-refractivity contribution in [3.63, 3.8) is 0 Å². The number of carbonyl (C=O) groups is 1. The highest BCUT2D eigenvalue weighted by atomic mass is 32.2. The maximum Gasteiger partial charge on any atom is 0.313 e. The van der Waals surface area contributed by atoms with Crippen LogP contribution in [0.3, 0.4) is 0 Å². The molecule has 1 rings (SSSR count). The summed E-state index contributed by atoms with van der Waals surface area (Å²) in [6.45, 7) is 4.39. The van der Waals surface area contributed by atoms with Crippen molar-refractivity contribution >= 4 is 28.7 Å². The number of hydrogen-bond donors (Lipinski definition) is 1. The number of carboxylic acids is 1. The van der Waals surface area contributed by atoms with Gasteiger partial charge in [-0.15, -0.1) is 11.8 Å². The molecule has 0 aromatic heterocycles. The van der Waals surface area contributed by atoms with E-state index in [1.165, 1.54) is 11.8 Å². The van der Waals surface area contributed by atoms with E-state index < -0.39 is 17.0 Å². The number of aliphatic carboxylic acids is 1. The van der Waals surface area contributed by atoms with Crippen molar-refractivity contribution < 1.29 is 18.8 Å². The number of benzene rings is 1. The van der Waals surface area contributed by atoms with E-state index in [4.69, 9.17) is 9.84 Å². The number of hydrogen-bond acceptors (Lipinski definition) is 4. The quantitative estimate of drug-likeness (QED) is 0.739. The van der Waals surface area contributed by atoms with Gasteiger partial charge in [0.15, 0.2) is 0 Å². The van der Waals surface area contributed by atoms with Gasteiger partial charge in [0.2, 0.25) is 0 Å². The average Bonchev–Trinajstić information content (AvgIpc) is 2.41. The third-order valence-corrected chi connectivity index (χ3v) is 5.57. The van der Waals surface area contributed by atoms with Crippen molar-refractivity contribution in [1.29, 1.82) is 0 Å². The molecular weight excluding hydrogens is 310 g/mol. The van der Waals surface area contributed by atoms with Crippen LogP contribution in [0, 0.1) is 13.8 Å². The summed E-state index contributed by atoms with van der Waals surface area (Å²) < 4.78 is 19.5. The number of aryl methyl sites for hydroxylation is 2. The van der Waals surface area contributed by atoms with Crippen molar-refractivity contribution in [2.75, 3.05) is 32.2 Å². The lowest BCUT2D eigenvalue weighted by molar-refractivity contribution is -0.133. The van der Waals surface area contributed by atoms with Gasteiger partial charge >= 0.3 is 5.97 Å². The van der Waals surface area contributed by atoms with Crippen molar-refractivity contribution in [3.8, 4) is 5.75 Å². The molecule has 1 unspecified atom stereocenters. The summed E-state index contributed by atoms with van der Waals surface area (Å²) in [5, 5.41) is 8.58. The van der Waals surface area contributed by atoms with E-state index in [1.807, 2.05) is 26.0 Å². The first-order chi connectivity index (χ1) is 9.86. The number of ether oxygens (including phenoxy) is 1. The molecule has 0 bridgehead atoms. The Morgan fingerprint density at radius 2 is 1.95 bits per heavy atom. The Hall–Kier alpha value is -1.05. The minimum Gasteiger partial charge on any atom is -0.497 e. The summed E-state index contributed by atoms with van der Waals surface area (Å²) in [5.74, 6) is 0.625. The van der Waals surface area contributed by atoms with Gasteiger partial charge in [-0.2, -0.15) is 0 Å². The van der Waals surface area contributed by atoms with Gasteiger partial charge in [0, 0.05) is 19.3 Å². The Morgan fingerprint density at radius 1 is 1.38 bits per heavy atom. The molecule has 1 aromatic rings. The number of carboxylic acid groups (broad SMARTS) is 1. The van der Waals surface area contributed by atoms with Crippen LogP contribution in [0.5, 0.6) is 5.75 Å².